The monoisotopic (exact) mass is 344 g/mol. The second-order valence-corrected chi connectivity index (χ2v) is 7.66. The lowest BCUT2D eigenvalue weighted by Crippen LogP contribution is -2.26. The van der Waals surface area contributed by atoms with Crippen molar-refractivity contribution < 1.29 is 4.79 Å². The van der Waals surface area contributed by atoms with Crippen molar-refractivity contribution in [3.05, 3.63) is 70.9 Å². The van der Waals surface area contributed by atoms with E-state index < -0.39 is 0 Å². The fourth-order valence-electron chi connectivity index (χ4n) is 4.80. The zero-order chi connectivity index (χ0) is 17.7. The molecule has 3 heteroatoms. The highest BCUT2D eigenvalue weighted by Gasteiger charge is 2.35. The molecule has 5 rings (SSSR count). The number of aromatic nitrogens is 1. The van der Waals surface area contributed by atoms with Gasteiger partial charge in [-0.15, -0.1) is 0 Å². The van der Waals surface area contributed by atoms with Crippen molar-refractivity contribution in [1.82, 2.24) is 9.47 Å². The number of carbonyl (C=O) groups is 1. The number of ketones is 1. The molecular formula is C23H24N2O. The van der Waals surface area contributed by atoms with Crippen LogP contribution >= 0.6 is 0 Å². The van der Waals surface area contributed by atoms with E-state index in [1.165, 1.54) is 41.7 Å². The van der Waals surface area contributed by atoms with E-state index in [2.05, 4.69) is 45.9 Å². The topological polar surface area (TPSA) is 25.2 Å². The Hall–Kier alpha value is -2.39. The molecule has 0 radical (unpaired) electrons. The number of nitrogens with zero attached hydrogens (tertiary/aromatic N) is 2. The van der Waals surface area contributed by atoms with E-state index in [9.17, 15) is 4.79 Å². The maximum atomic E-state index is 11.9. The third-order valence-electron chi connectivity index (χ3n) is 6.11. The fourth-order valence-corrected chi connectivity index (χ4v) is 4.80. The number of hydrogen-bond donors (Lipinski definition) is 0. The van der Waals surface area contributed by atoms with E-state index in [-0.39, 0.29) is 5.78 Å². The van der Waals surface area contributed by atoms with Gasteiger partial charge in [-0.3, -0.25) is 9.69 Å². The van der Waals surface area contributed by atoms with Crippen LogP contribution in [0.25, 0.3) is 10.9 Å². The van der Waals surface area contributed by atoms with E-state index in [1.807, 2.05) is 19.1 Å². The second kappa shape index (κ2) is 6.10. The summed E-state index contributed by atoms with van der Waals surface area (Å²) in [7, 11) is 0. The summed E-state index contributed by atoms with van der Waals surface area (Å²) in [5.41, 5.74) is 6.51. The molecule has 26 heavy (non-hydrogen) atoms. The Labute approximate surface area is 154 Å². The summed E-state index contributed by atoms with van der Waals surface area (Å²) >= 11 is 0. The fraction of sp³-hybridized carbons (Fsp3) is 0.348. The largest absolute Gasteiger partial charge is 0.339 e. The first-order valence-electron chi connectivity index (χ1n) is 9.69. The van der Waals surface area contributed by atoms with Gasteiger partial charge in [0.2, 0.25) is 0 Å². The van der Waals surface area contributed by atoms with Crippen molar-refractivity contribution in [3.63, 3.8) is 0 Å². The van der Waals surface area contributed by atoms with Crippen LogP contribution in [0.15, 0.2) is 48.5 Å². The van der Waals surface area contributed by atoms with E-state index in [4.69, 9.17) is 0 Å². The van der Waals surface area contributed by atoms with Crippen LogP contribution in [0.1, 0.15) is 52.9 Å². The lowest BCUT2D eigenvalue weighted by molar-refractivity contribution is 0.0988. The van der Waals surface area contributed by atoms with E-state index >= 15 is 0 Å². The average Bonchev–Trinajstić information content (AvgIpc) is 3.21. The van der Waals surface area contributed by atoms with Gasteiger partial charge in [-0.2, -0.15) is 0 Å². The van der Waals surface area contributed by atoms with Crippen LogP contribution in [0, 0.1) is 0 Å². The van der Waals surface area contributed by atoms with Gasteiger partial charge in [-0.25, -0.2) is 0 Å². The molecule has 3 aromatic rings. The molecule has 0 amide bonds. The Morgan fingerprint density at radius 1 is 1.12 bits per heavy atom. The molecule has 1 saturated heterocycles. The maximum Gasteiger partial charge on any atom is 0.162 e. The molecule has 2 atom stereocenters. The smallest absolute Gasteiger partial charge is 0.162 e. The van der Waals surface area contributed by atoms with Crippen LogP contribution < -0.4 is 0 Å². The molecule has 2 unspecified atom stereocenters. The minimum Gasteiger partial charge on any atom is -0.339 e. The van der Waals surface area contributed by atoms with Gasteiger partial charge < -0.3 is 4.57 Å². The molecule has 1 fully saturated rings. The third-order valence-corrected chi connectivity index (χ3v) is 6.11. The number of rotatable bonds is 4. The number of benzene rings is 2. The van der Waals surface area contributed by atoms with Crippen molar-refractivity contribution in [1.29, 1.82) is 0 Å². The van der Waals surface area contributed by atoms with Crippen molar-refractivity contribution in [2.75, 3.05) is 13.1 Å². The number of fused-ring (bicyclic) bond motifs is 6. The van der Waals surface area contributed by atoms with E-state index in [1.54, 1.807) is 5.56 Å². The Balaban J connectivity index is 1.57. The molecule has 0 N–H and O–H groups in total. The van der Waals surface area contributed by atoms with Crippen LogP contribution in [0.4, 0.5) is 0 Å². The quantitative estimate of drug-likeness (QED) is 0.647. The van der Waals surface area contributed by atoms with Gasteiger partial charge in [0, 0.05) is 54.1 Å². The normalized spacial score (nSPS) is 21.1. The molecule has 1 aromatic heterocycles. The first-order chi connectivity index (χ1) is 12.7. The van der Waals surface area contributed by atoms with Gasteiger partial charge >= 0.3 is 0 Å². The lowest BCUT2D eigenvalue weighted by Gasteiger charge is -2.25. The summed E-state index contributed by atoms with van der Waals surface area (Å²) in [6.45, 7) is 6.29. The van der Waals surface area contributed by atoms with Crippen molar-refractivity contribution in [2.24, 2.45) is 0 Å². The predicted molar refractivity (Wildman–Crippen MR) is 105 cm³/mol. The van der Waals surface area contributed by atoms with Crippen molar-refractivity contribution >= 4 is 16.7 Å². The Kier molecular flexibility index (Phi) is 3.71. The average molecular weight is 344 g/mol. The maximum absolute atomic E-state index is 11.9. The first-order valence-corrected chi connectivity index (χ1v) is 9.69. The van der Waals surface area contributed by atoms with Crippen LogP contribution in [-0.4, -0.2) is 28.3 Å². The summed E-state index contributed by atoms with van der Waals surface area (Å²) < 4.78 is 2.51. The summed E-state index contributed by atoms with van der Waals surface area (Å²) in [6, 6.07) is 17.0. The Morgan fingerprint density at radius 2 is 1.92 bits per heavy atom. The number of hydrogen-bond acceptors (Lipinski definition) is 2. The summed E-state index contributed by atoms with van der Waals surface area (Å²) in [5.74, 6) is 0.902. The molecule has 2 aliphatic heterocycles. The zero-order valence-corrected chi connectivity index (χ0v) is 15.2. The van der Waals surface area contributed by atoms with E-state index in [0.717, 1.165) is 18.7 Å². The Bertz CT molecular complexity index is 983. The van der Waals surface area contributed by atoms with Crippen LogP contribution in [0.5, 0.6) is 0 Å². The highest BCUT2D eigenvalue weighted by atomic mass is 16.1. The second-order valence-electron chi connectivity index (χ2n) is 7.66. The molecule has 2 aliphatic rings. The molecule has 2 bridgehead atoms. The molecule has 2 aromatic carbocycles. The van der Waals surface area contributed by atoms with Gasteiger partial charge in [-0.1, -0.05) is 49.4 Å². The molecule has 3 heterocycles. The molecular weight excluding hydrogens is 320 g/mol. The van der Waals surface area contributed by atoms with Gasteiger partial charge in [0.05, 0.1) is 0 Å². The summed E-state index contributed by atoms with van der Waals surface area (Å²) in [4.78, 5) is 14.5. The zero-order valence-electron chi connectivity index (χ0n) is 15.2. The molecule has 132 valence electrons. The van der Waals surface area contributed by atoms with Crippen LogP contribution in [-0.2, 0) is 13.1 Å². The predicted octanol–water partition coefficient (Wildman–Crippen LogP) is 4.59. The standard InChI is InChI=1S/C23H24N2O/c1-2-22(26)17-9-7-16(8-10-17)13-25-20-6-4-3-5-19(20)23-18-11-12-24(14-18)15-21(23)25/h3-10,18H,2,11-15H2,1H3. The SMILES string of the molecule is CCC(=O)c1ccc(Cn2c3c(c4ccccc42)C2CCN(C3)C2)cc1. The highest BCUT2D eigenvalue weighted by molar-refractivity contribution is 5.95. The molecule has 0 spiro atoms. The summed E-state index contributed by atoms with van der Waals surface area (Å²) in [6.07, 6.45) is 1.85. The van der Waals surface area contributed by atoms with Crippen LogP contribution in [0.3, 0.4) is 0 Å². The van der Waals surface area contributed by atoms with Crippen molar-refractivity contribution in [2.45, 2.75) is 38.8 Å². The molecule has 0 aliphatic carbocycles. The third kappa shape index (κ3) is 2.42. The minimum absolute atomic E-state index is 0.213. The van der Waals surface area contributed by atoms with Gasteiger partial charge in [-0.05, 0) is 30.2 Å². The minimum atomic E-state index is 0.213. The Morgan fingerprint density at radius 3 is 2.73 bits per heavy atom. The first kappa shape index (κ1) is 15.8. The van der Waals surface area contributed by atoms with Crippen molar-refractivity contribution in [3.8, 4) is 0 Å². The number of carbonyl (C=O) groups excluding carboxylic acids is 1. The molecule has 3 nitrogen and oxygen atoms in total. The van der Waals surface area contributed by atoms with Gasteiger partial charge in [0.15, 0.2) is 5.78 Å². The van der Waals surface area contributed by atoms with E-state index in [0.29, 0.717) is 12.3 Å². The highest BCUT2D eigenvalue weighted by Crippen LogP contribution is 2.42. The number of para-hydroxylation sites is 1. The van der Waals surface area contributed by atoms with Gasteiger partial charge in [0.25, 0.3) is 0 Å². The number of Topliss-reactive ketones (excluding diaryl/α,β-unsaturated/α-hetero) is 1. The van der Waals surface area contributed by atoms with Crippen LogP contribution in [0.2, 0.25) is 0 Å². The lowest BCUT2D eigenvalue weighted by atomic mass is 9.93. The van der Waals surface area contributed by atoms with Gasteiger partial charge in [0.1, 0.15) is 0 Å². The molecule has 0 saturated carbocycles. The summed E-state index contributed by atoms with van der Waals surface area (Å²) in [5, 5.41) is 1.44.